The molecule has 1 aromatic carbocycles. The summed E-state index contributed by atoms with van der Waals surface area (Å²) in [6.45, 7) is 5.07. The Morgan fingerprint density at radius 2 is 2.20 bits per heavy atom. The van der Waals surface area contributed by atoms with Gasteiger partial charge in [0.2, 0.25) is 0 Å². The molecule has 84 valence electrons. The average Bonchev–Trinajstić information content (AvgIpc) is 2.21. The van der Waals surface area contributed by atoms with Crippen molar-refractivity contribution in [2.45, 2.75) is 26.4 Å². The van der Waals surface area contributed by atoms with Crippen LogP contribution in [0.25, 0.3) is 0 Å². The van der Waals surface area contributed by atoms with Crippen molar-refractivity contribution in [3.63, 3.8) is 0 Å². The molecule has 0 saturated carbocycles. The van der Waals surface area contributed by atoms with Crippen LogP contribution in [0.3, 0.4) is 0 Å². The molecule has 0 amide bonds. The maximum Gasteiger partial charge on any atom is 0.133 e. The molecule has 0 spiro atoms. The van der Waals surface area contributed by atoms with Crippen LogP contribution in [-0.2, 0) is 0 Å². The lowest BCUT2D eigenvalue weighted by molar-refractivity contribution is 0.195. The molecule has 0 aliphatic heterocycles. The largest absolute Gasteiger partial charge is 0.488 e. The maximum absolute atomic E-state index is 5.88. The van der Waals surface area contributed by atoms with Crippen LogP contribution in [0.5, 0.6) is 5.75 Å². The van der Waals surface area contributed by atoms with Gasteiger partial charge in [0.05, 0.1) is 4.47 Å². The van der Waals surface area contributed by atoms with Gasteiger partial charge < -0.3 is 10.1 Å². The highest BCUT2D eigenvalue weighted by atomic mass is 79.9. The minimum absolute atomic E-state index is 0.231. The molecule has 1 atom stereocenters. The molecule has 1 N–H and O–H groups in total. The summed E-state index contributed by atoms with van der Waals surface area (Å²) in [7, 11) is 1.94. The van der Waals surface area contributed by atoms with Gasteiger partial charge in [-0.1, -0.05) is 13.0 Å². The molecule has 1 rings (SSSR count). The van der Waals surface area contributed by atoms with E-state index in [1.165, 1.54) is 5.56 Å². The van der Waals surface area contributed by atoms with Gasteiger partial charge in [-0.2, -0.15) is 0 Å². The van der Waals surface area contributed by atoms with E-state index in [0.29, 0.717) is 0 Å². The third-order valence-electron chi connectivity index (χ3n) is 2.27. The lowest BCUT2D eigenvalue weighted by atomic mass is 10.2. The molecular weight excluding hydrogens is 254 g/mol. The predicted molar refractivity (Wildman–Crippen MR) is 67.5 cm³/mol. The second kappa shape index (κ2) is 6.13. The van der Waals surface area contributed by atoms with Crippen molar-refractivity contribution in [1.82, 2.24) is 5.32 Å². The summed E-state index contributed by atoms with van der Waals surface area (Å²) in [5, 5.41) is 3.13. The fraction of sp³-hybridized carbons (Fsp3) is 0.500. The van der Waals surface area contributed by atoms with Crippen molar-refractivity contribution in [2.75, 3.05) is 13.6 Å². The van der Waals surface area contributed by atoms with Crippen molar-refractivity contribution in [3.05, 3.63) is 28.2 Å². The zero-order chi connectivity index (χ0) is 11.3. The van der Waals surface area contributed by atoms with Gasteiger partial charge in [-0.25, -0.2) is 0 Å². The van der Waals surface area contributed by atoms with E-state index < -0.39 is 0 Å². The number of ether oxygens (including phenoxy) is 1. The molecule has 15 heavy (non-hydrogen) atoms. The van der Waals surface area contributed by atoms with Crippen molar-refractivity contribution in [2.24, 2.45) is 0 Å². The molecule has 0 radical (unpaired) electrons. The van der Waals surface area contributed by atoms with E-state index in [1.54, 1.807) is 0 Å². The molecule has 0 bridgehead atoms. The molecule has 1 unspecified atom stereocenters. The van der Waals surface area contributed by atoms with E-state index in [2.05, 4.69) is 47.2 Å². The number of aryl methyl sites for hydroxylation is 1. The average molecular weight is 272 g/mol. The first-order valence-electron chi connectivity index (χ1n) is 5.24. The van der Waals surface area contributed by atoms with Crippen molar-refractivity contribution < 1.29 is 4.74 Å². The topological polar surface area (TPSA) is 21.3 Å². The highest BCUT2D eigenvalue weighted by molar-refractivity contribution is 9.10. The summed E-state index contributed by atoms with van der Waals surface area (Å²) in [5.74, 6) is 0.919. The molecule has 0 saturated heterocycles. The standard InChI is InChI=1S/C12H18BrNO/c1-4-10(8-14-3)15-12-6-5-9(2)7-11(12)13/h5-7,10,14H,4,8H2,1-3H3. The van der Waals surface area contributed by atoms with Gasteiger partial charge in [-0.05, 0) is 54.0 Å². The first-order chi connectivity index (χ1) is 7.17. The number of hydrogen-bond donors (Lipinski definition) is 1. The van der Waals surface area contributed by atoms with Gasteiger partial charge in [0.15, 0.2) is 0 Å². The van der Waals surface area contributed by atoms with Gasteiger partial charge in [-0.3, -0.25) is 0 Å². The molecular formula is C12H18BrNO. The van der Waals surface area contributed by atoms with Gasteiger partial charge in [0.1, 0.15) is 11.9 Å². The van der Waals surface area contributed by atoms with E-state index in [4.69, 9.17) is 4.74 Å². The van der Waals surface area contributed by atoms with E-state index >= 15 is 0 Å². The molecule has 0 aromatic heterocycles. The predicted octanol–water partition coefficient (Wildman–Crippen LogP) is 3.13. The summed E-state index contributed by atoms with van der Waals surface area (Å²) in [4.78, 5) is 0. The second-order valence-electron chi connectivity index (χ2n) is 3.64. The third-order valence-corrected chi connectivity index (χ3v) is 2.89. The normalized spacial score (nSPS) is 12.5. The minimum atomic E-state index is 0.231. The fourth-order valence-electron chi connectivity index (χ4n) is 1.38. The smallest absolute Gasteiger partial charge is 0.133 e. The van der Waals surface area contributed by atoms with Crippen molar-refractivity contribution in [3.8, 4) is 5.75 Å². The number of benzene rings is 1. The van der Waals surface area contributed by atoms with Crippen molar-refractivity contribution in [1.29, 1.82) is 0 Å². The molecule has 1 aromatic rings. The van der Waals surface area contributed by atoms with Gasteiger partial charge in [-0.15, -0.1) is 0 Å². The summed E-state index contributed by atoms with van der Waals surface area (Å²) in [5.41, 5.74) is 1.23. The molecule has 0 aliphatic carbocycles. The zero-order valence-electron chi connectivity index (χ0n) is 9.51. The number of nitrogens with one attached hydrogen (secondary N) is 1. The van der Waals surface area contributed by atoms with Crippen LogP contribution >= 0.6 is 15.9 Å². The van der Waals surface area contributed by atoms with Crippen LogP contribution in [0, 0.1) is 6.92 Å². The highest BCUT2D eigenvalue weighted by Crippen LogP contribution is 2.26. The second-order valence-corrected chi connectivity index (χ2v) is 4.49. The molecule has 0 heterocycles. The molecule has 0 aliphatic rings. The van der Waals surface area contributed by atoms with Crippen LogP contribution < -0.4 is 10.1 Å². The zero-order valence-corrected chi connectivity index (χ0v) is 11.1. The number of hydrogen-bond acceptors (Lipinski definition) is 2. The number of halogens is 1. The Labute approximate surface area is 100 Å². The monoisotopic (exact) mass is 271 g/mol. The minimum Gasteiger partial charge on any atom is -0.488 e. The summed E-state index contributed by atoms with van der Waals surface area (Å²) in [6, 6.07) is 6.14. The quantitative estimate of drug-likeness (QED) is 0.889. The summed E-state index contributed by atoms with van der Waals surface area (Å²) >= 11 is 3.51. The Kier molecular flexibility index (Phi) is 5.12. The maximum atomic E-state index is 5.88. The molecule has 3 heteroatoms. The van der Waals surface area contributed by atoms with E-state index in [-0.39, 0.29) is 6.10 Å². The van der Waals surface area contributed by atoms with E-state index in [9.17, 15) is 0 Å². The van der Waals surface area contributed by atoms with E-state index in [0.717, 1.165) is 23.2 Å². The Balaban J connectivity index is 2.70. The Hall–Kier alpha value is -0.540. The van der Waals surface area contributed by atoms with Crippen LogP contribution in [0.15, 0.2) is 22.7 Å². The third kappa shape index (κ3) is 3.84. The first kappa shape index (κ1) is 12.5. The van der Waals surface area contributed by atoms with Crippen LogP contribution in [0.1, 0.15) is 18.9 Å². The Morgan fingerprint density at radius 1 is 1.47 bits per heavy atom. The fourth-order valence-corrected chi connectivity index (χ4v) is 1.96. The van der Waals surface area contributed by atoms with Crippen molar-refractivity contribution >= 4 is 15.9 Å². The molecule has 0 fully saturated rings. The van der Waals surface area contributed by atoms with Gasteiger partial charge in [0, 0.05) is 6.54 Å². The van der Waals surface area contributed by atoms with Crippen LogP contribution in [0.4, 0.5) is 0 Å². The summed E-state index contributed by atoms with van der Waals surface area (Å²) in [6.07, 6.45) is 1.23. The number of rotatable bonds is 5. The van der Waals surface area contributed by atoms with E-state index in [1.807, 2.05) is 13.1 Å². The molecule has 2 nitrogen and oxygen atoms in total. The SMILES string of the molecule is CCC(CNC)Oc1ccc(C)cc1Br. The van der Waals surface area contributed by atoms with Gasteiger partial charge >= 0.3 is 0 Å². The Morgan fingerprint density at radius 3 is 2.73 bits per heavy atom. The van der Waals surface area contributed by atoms with Gasteiger partial charge in [0.25, 0.3) is 0 Å². The highest BCUT2D eigenvalue weighted by Gasteiger charge is 2.09. The van der Waals surface area contributed by atoms with Crippen LogP contribution in [-0.4, -0.2) is 19.7 Å². The van der Waals surface area contributed by atoms with Crippen LogP contribution in [0.2, 0.25) is 0 Å². The lowest BCUT2D eigenvalue weighted by Gasteiger charge is -2.18. The summed E-state index contributed by atoms with van der Waals surface area (Å²) < 4.78 is 6.91. The Bertz CT molecular complexity index is 314. The number of likely N-dealkylation sites (N-methyl/N-ethyl adjacent to an activating group) is 1. The lowest BCUT2D eigenvalue weighted by Crippen LogP contribution is -2.28. The first-order valence-corrected chi connectivity index (χ1v) is 6.04.